The first-order chi connectivity index (χ1) is 11.2. The maximum Gasteiger partial charge on any atom is -0.0233 e. The number of hydrogen-bond acceptors (Lipinski definition) is 0. The SMILES string of the molecule is CCCCCCCC(P)C(CCCCCC)C(CCC)CCC. The molecule has 0 aliphatic heterocycles. The van der Waals surface area contributed by atoms with Crippen LogP contribution in [-0.4, -0.2) is 5.66 Å². The van der Waals surface area contributed by atoms with Crippen molar-refractivity contribution in [1.82, 2.24) is 0 Å². The van der Waals surface area contributed by atoms with Crippen LogP contribution in [0.15, 0.2) is 0 Å². The lowest BCUT2D eigenvalue weighted by atomic mass is 9.78. The van der Waals surface area contributed by atoms with Crippen LogP contribution in [0.4, 0.5) is 0 Å². The summed E-state index contributed by atoms with van der Waals surface area (Å²) in [6.45, 7) is 9.38. The normalized spacial score (nSPS) is 14.3. The summed E-state index contributed by atoms with van der Waals surface area (Å²) in [5.41, 5.74) is 0.862. The van der Waals surface area contributed by atoms with Crippen molar-refractivity contribution in [3.8, 4) is 0 Å². The number of unbranched alkanes of at least 4 members (excludes halogenated alkanes) is 7. The van der Waals surface area contributed by atoms with Crippen LogP contribution in [0.25, 0.3) is 0 Å². The quantitative estimate of drug-likeness (QED) is 0.184. The van der Waals surface area contributed by atoms with E-state index < -0.39 is 0 Å². The van der Waals surface area contributed by atoms with Crippen LogP contribution in [0, 0.1) is 11.8 Å². The molecule has 0 fully saturated rings. The first kappa shape index (κ1) is 23.4. The Labute approximate surface area is 151 Å². The van der Waals surface area contributed by atoms with Gasteiger partial charge in [0.25, 0.3) is 0 Å². The molecule has 0 aromatic rings. The summed E-state index contributed by atoms with van der Waals surface area (Å²) >= 11 is 0. The highest BCUT2D eigenvalue weighted by Gasteiger charge is 2.25. The van der Waals surface area contributed by atoms with Crippen molar-refractivity contribution in [2.75, 3.05) is 0 Å². The van der Waals surface area contributed by atoms with Gasteiger partial charge in [-0.05, 0) is 30.3 Å². The molecule has 0 rings (SSSR count). The second-order valence-corrected chi connectivity index (χ2v) is 8.57. The standard InChI is InChI=1S/C22H47P/c1-5-9-11-13-15-19-22(23)21(18-14-12-10-6-2)20(16-7-3)17-8-4/h20-22H,5-19,23H2,1-4H3. The molecule has 0 aromatic carbocycles. The molecule has 0 aliphatic rings. The van der Waals surface area contributed by atoms with Gasteiger partial charge in [-0.3, -0.25) is 0 Å². The summed E-state index contributed by atoms with van der Waals surface area (Å²) in [4.78, 5) is 0. The van der Waals surface area contributed by atoms with E-state index in [-0.39, 0.29) is 0 Å². The van der Waals surface area contributed by atoms with E-state index in [2.05, 4.69) is 36.9 Å². The summed E-state index contributed by atoms with van der Waals surface area (Å²) < 4.78 is 0. The Kier molecular flexibility index (Phi) is 17.6. The fourth-order valence-corrected chi connectivity index (χ4v) is 4.86. The number of hydrogen-bond donors (Lipinski definition) is 0. The predicted molar refractivity (Wildman–Crippen MR) is 112 cm³/mol. The van der Waals surface area contributed by atoms with Crippen molar-refractivity contribution in [3.05, 3.63) is 0 Å². The van der Waals surface area contributed by atoms with Crippen molar-refractivity contribution in [1.29, 1.82) is 0 Å². The molecule has 140 valence electrons. The molecule has 3 unspecified atom stereocenters. The zero-order valence-corrected chi connectivity index (χ0v) is 18.1. The maximum absolute atomic E-state index is 3.26. The molecule has 0 N–H and O–H groups in total. The summed E-state index contributed by atoms with van der Waals surface area (Å²) in [5.74, 6) is 1.94. The Balaban J connectivity index is 4.40. The van der Waals surface area contributed by atoms with Crippen LogP contribution in [-0.2, 0) is 0 Å². The monoisotopic (exact) mass is 342 g/mol. The molecular weight excluding hydrogens is 295 g/mol. The second-order valence-electron chi connectivity index (χ2n) is 7.72. The lowest BCUT2D eigenvalue weighted by molar-refractivity contribution is 0.252. The van der Waals surface area contributed by atoms with Crippen LogP contribution in [0.2, 0.25) is 0 Å². The molecule has 0 nitrogen and oxygen atoms in total. The third kappa shape index (κ3) is 12.4. The van der Waals surface area contributed by atoms with E-state index in [1.807, 2.05) is 0 Å². The van der Waals surface area contributed by atoms with Gasteiger partial charge in [-0.25, -0.2) is 0 Å². The van der Waals surface area contributed by atoms with Crippen molar-refractivity contribution in [3.63, 3.8) is 0 Å². The van der Waals surface area contributed by atoms with Gasteiger partial charge in [-0.15, -0.1) is 9.24 Å². The van der Waals surface area contributed by atoms with E-state index >= 15 is 0 Å². The average Bonchev–Trinajstić information content (AvgIpc) is 2.54. The van der Waals surface area contributed by atoms with Gasteiger partial charge in [-0.1, -0.05) is 111 Å². The van der Waals surface area contributed by atoms with Crippen molar-refractivity contribution >= 4 is 9.24 Å². The molecule has 0 amide bonds. The Morgan fingerprint density at radius 1 is 0.522 bits per heavy atom. The minimum atomic E-state index is 0.862. The topological polar surface area (TPSA) is 0 Å². The van der Waals surface area contributed by atoms with Gasteiger partial charge in [-0.2, -0.15) is 0 Å². The fourth-order valence-electron chi connectivity index (χ4n) is 4.12. The highest BCUT2D eigenvalue weighted by molar-refractivity contribution is 7.17. The molecule has 1 heteroatoms. The van der Waals surface area contributed by atoms with Gasteiger partial charge < -0.3 is 0 Å². The molecule has 0 saturated heterocycles. The average molecular weight is 343 g/mol. The third-order valence-corrected chi connectivity index (χ3v) is 6.33. The molecule has 0 saturated carbocycles. The van der Waals surface area contributed by atoms with Crippen LogP contribution in [0.3, 0.4) is 0 Å². The van der Waals surface area contributed by atoms with Crippen molar-refractivity contribution < 1.29 is 0 Å². The minimum Gasteiger partial charge on any atom is -0.134 e. The van der Waals surface area contributed by atoms with E-state index in [1.165, 1.54) is 96.3 Å². The highest BCUT2D eigenvalue weighted by atomic mass is 31.0. The van der Waals surface area contributed by atoms with Gasteiger partial charge in [0, 0.05) is 0 Å². The third-order valence-electron chi connectivity index (χ3n) is 5.51. The Morgan fingerprint density at radius 3 is 1.52 bits per heavy atom. The zero-order chi connectivity index (χ0) is 17.3. The molecule has 0 bridgehead atoms. The van der Waals surface area contributed by atoms with Gasteiger partial charge in [0.2, 0.25) is 0 Å². The summed E-state index contributed by atoms with van der Waals surface area (Å²) in [6, 6.07) is 0. The van der Waals surface area contributed by atoms with E-state index in [0.29, 0.717) is 0 Å². The Morgan fingerprint density at radius 2 is 1.00 bits per heavy atom. The summed E-state index contributed by atoms with van der Waals surface area (Å²) in [6.07, 6.45) is 21.4. The molecule has 3 atom stereocenters. The first-order valence-electron chi connectivity index (χ1n) is 11.0. The minimum absolute atomic E-state index is 0.862. The molecule has 0 heterocycles. The molecule has 0 spiro atoms. The summed E-state index contributed by atoms with van der Waals surface area (Å²) in [7, 11) is 3.26. The lowest BCUT2D eigenvalue weighted by Crippen LogP contribution is -2.24. The van der Waals surface area contributed by atoms with Crippen LogP contribution in [0.1, 0.15) is 124 Å². The van der Waals surface area contributed by atoms with Crippen LogP contribution < -0.4 is 0 Å². The van der Waals surface area contributed by atoms with E-state index in [9.17, 15) is 0 Å². The molecule has 0 aromatic heterocycles. The smallest absolute Gasteiger partial charge is 0.0233 e. The summed E-state index contributed by atoms with van der Waals surface area (Å²) in [5, 5.41) is 0. The first-order valence-corrected chi connectivity index (χ1v) is 11.6. The highest BCUT2D eigenvalue weighted by Crippen LogP contribution is 2.36. The Hall–Kier alpha value is 0.430. The van der Waals surface area contributed by atoms with Gasteiger partial charge in [0.05, 0.1) is 0 Å². The second kappa shape index (κ2) is 17.3. The van der Waals surface area contributed by atoms with Crippen molar-refractivity contribution in [2.45, 2.75) is 130 Å². The van der Waals surface area contributed by atoms with E-state index in [1.54, 1.807) is 0 Å². The fraction of sp³-hybridized carbons (Fsp3) is 1.00. The number of rotatable bonds is 17. The van der Waals surface area contributed by atoms with E-state index in [4.69, 9.17) is 0 Å². The predicted octanol–water partition coefficient (Wildman–Crippen LogP) is 8.39. The maximum atomic E-state index is 3.26. The van der Waals surface area contributed by atoms with Crippen molar-refractivity contribution in [2.24, 2.45) is 11.8 Å². The Bertz CT molecular complexity index is 220. The zero-order valence-electron chi connectivity index (χ0n) is 16.9. The molecule has 0 radical (unpaired) electrons. The van der Waals surface area contributed by atoms with Gasteiger partial charge in [0.15, 0.2) is 0 Å². The molecule has 0 aliphatic carbocycles. The van der Waals surface area contributed by atoms with Crippen LogP contribution >= 0.6 is 9.24 Å². The van der Waals surface area contributed by atoms with Gasteiger partial charge in [0.1, 0.15) is 0 Å². The lowest BCUT2D eigenvalue weighted by Gasteiger charge is -2.32. The molecular formula is C22H47P. The van der Waals surface area contributed by atoms with Crippen LogP contribution in [0.5, 0.6) is 0 Å². The molecule has 23 heavy (non-hydrogen) atoms. The largest absolute Gasteiger partial charge is 0.134 e. The van der Waals surface area contributed by atoms with E-state index in [0.717, 1.165) is 17.5 Å². The van der Waals surface area contributed by atoms with Gasteiger partial charge >= 0.3 is 0 Å².